The van der Waals surface area contributed by atoms with Crippen LogP contribution in [0.15, 0.2) is 0 Å². The largest absolute Gasteiger partial charge is 0.468 e. The van der Waals surface area contributed by atoms with E-state index in [0.29, 0.717) is 18.1 Å². The van der Waals surface area contributed by atoms with Crippen LogP contribution in [-0.2, 0) is 9.53 Å². The average molecular weight is 282 g/mol. The Morgan fingerprint density at radius 3 is 2.55 bits per heavy atom. The van der Waals surface area contributed by atoms with Gasteiger partial charge in [-0.05, 0) is 52.4 Å². The van der Waals surface area contributed by atoms with Crippen molar-refractivity contribution in [2.75, 3.05) is 13.7 Å². The van der Waals surface area contributed by atoms with Gasteiger partial charge in [0.25, 0.3) is 0 Å². The Kier molecular flexibility index (Phi) is 4.75. The minimum absolute atomic E-state index is 0.129. The molecule has 0 aromatic heterocycles. The predicted octanol–water partition coefficient (Wildman–Crippen LogP) is 2.18. The molecule has 1 aliphatic carbocycles. The maximum Gasteiger partial charge on any atom is 0.325 e. The van der Waals surface area contributed by atoms with Gasteiger partial charge in [-0.25, -0.2) is 0 Å². The molecule has 0 aromatic rings. The van der Waals surface area contributed by atoms with E-state index in [1.54, 1.807) is 0 Å². The first-order chi connectivity index (χ1) is 9.35. The lowest BCUT2D eigenvalue weighted by Crippen LogP contribution is -2.55. The van der Waals surface area contributed by atoms with Crippen LogP contribution in [0.25, 0.3) is 0 Å². The second-order valence-corrected chi connectivity index (χ2v) is 7.18. The summed E-state index contributed by atoms with van der Waals surface area (Å²) in [5.74, 6) is 0.629. The molecule has 4 unspecified atom stereocenters. The summed E-state index contributed by atoms with van der Waals surface area (Å²) in [5.41, 5.74) is -0.555. The minimum Gasteiger partial charge on any atom is -0.468 e. The van der Waals surface area contributed by atoms with Crippen molar-refractivity contribution in [2.45, 2.75) is 77.0 Å². The molecule has 0 bridgehead atoms. The van der Waals surface area contributed by atoms with Crippen molar-refractivity contribution in [3.63, 3.8) is 0 Å². The predicted molar refractivity (Wildman–Crippen MR) is 80.6 cm³/mol. The van der Waals surface area contributed by atoms with E-state index in [1.807, 2.05) is 6.92 Å². The minimum atomic E-state index is -0.555. The third kappa shape index (κ3) is 3.53. The molecule has 20 heavy (non-hydrogen) atoms. The summed E-state index contributed by atoms with van der Waals surface area (Å²) in [4.78, 5) is 14.7. The molecule has 1 saturated carbocycles. The van der Waals surface area contributed by atoms with Gasteiger partial charge in [-0.2, -0.15) is 0 Å². The number of nitrogens with zero attached hydrogens (tertiary/aromatic N) is 1. The zero-order valence-corrected chi connectivity index (χ0v) is 13.6. The first-order valence-electron chi connectivity index (χ1n) is 7.97. The highest BCUT2D eigenvalue weighted by Gasteiger charge is 2.42. The molecule has 0 amide bonds. The van der Waals surface area contributed by atoms with Crippen molar-refractivity contribution in [1.82, 2.24) is 10.2 Å². The molecule has 4 atom stereocenters. The molecule has 0 radical (unpaired) electrons. The Labute approximate surface area is 123 Å². The molecule has 2 fully saturated rings. The van der Waals surface area contributed by atoms with E-state index in [4.69, 9.17) is 4.74 Å². The summed E-state index contributed by atoms with van der Waals surface area (Å²) in [6.45, 7) is 9.99. The molecule has 0 aromatic carbocycles. The molecule has 116 valence electrons. The molecular weight excluding hydrogens is 252 g/mol. The lowest BCUT2D eigenvalue weighted by atomic mass is 9.92. The molecule has 0 spiro atoms. The quantitative estimate of drug-likeness (QED) is 0.758. The van der Waals surface area contributed by atoms with Crippen LogP contribution < -0.4 is 5.32 Å². The van der Waals surface area contributed by atoms with Gasteiger partial charge >= 0.3 is 5.97 Å². The zero-order valence-electron chi connectivity index (χ0n) is 13.6. The van der Waals surface area contributed by atoms with Crippen LogP contribution in [0.2, 0.25) is 0 Å². The summed E-state index contributed by atoms with van der Waals surface area (Å²) < 4.78 is 5.04. The van der Waals surface area contributed by atoms with E-state index in [0.717, 1.165) is 18.9 Å². The standard InChI is InChI=1S/C16H30N2O2/c1-11-8-12(2)18(10-11)13(3)9-16(4,15(19)20-5)17-14-6-7-14/h11-14,17H,6-10H2,1-5H3. The number of carbonyl (C=O) groups is 1. The molecule has 2 rings (SSSR count). The highest BCUT2D eigenvalue weighted by Crippen LogP contribution is 2.30. The van der Waals surface area contributed by atoms with Gasteiger partial charge in [0.2, 0.25) is 0 Å². The molecular formula is C16H30N2O2. The Balaban J connectivity index is 2.01. The molecule has 1 aliphatic heterocycles. The smallest absolute Gasteiger partial charge is 0.325 e. The first kappa shape index (κ1) is 15.8. The summed E-state index contributed by atoms with van der Waals surface area (Å²) in [6.07, 6.45) is 4.43. The SMILES string of the molecule is COC(=O)C(C)(CC(C)N1CC(C)CC1C)NC1CC1. The number of likely N-dealkylation sites (tertiary alicyclic amines) is 1. The summed E-state index contributed by atoms with van der Waals surface area (Å²) in [6, 6.07) is 1.51. The van der Waals surface area contributed by atoms with Gasteiger partial charge < -0.3 is 4.74 Å². The van der Waals surface area contributed by atoms with Gasteiger partial charge in [-0.15, -0.1) is 0 Å². The van der Waals surface area contributed by atoms with Gasteiger partial charge in [0.1, 0.15) is 5.54 Å². The van der Waals surface area contributed by atoms with Crippen molar-refractivity contribution < 1.29 is 9.53 Å². The number of ether oxygens (including phenoxy) is 1. The lowest BCUT2D eigenvalue weighted by molar-refractivity contribution is -0.149. The second-order valence-electron chi connectivity index (χ2n) is 7.18. The number of hydrogen-bond donors (Lipinski definition) is 1. The van der Waals surface area contributed by atoms with E-state index >= 15 is 0 Å². The van der Waals surface area contributed by atoms with Crippen molar-refractivity contribution in [2.24, 2.45) is 5.92 Å². The molecule has 1 saturated heterocycles. The van der Waals surface area contributed by atoms with Crippen molar-refractivity contribution in [3.05, 3.63) is 0 Å². The number of rotatable bonds is 6. The Morgan fingerprint density at radius 1 is 1.45 bits per heavy atom. The van der Waals surface area contributed by atoms with E-state index in [-0.39, 0.29) is 5.97 Å². The van der Waals surface area contributed by atoms with Gasteiger partial charge in [0.05, 0.1) is 7.11 Å². The molecule has 1 heterocycles. The van der Waals surface area contributed by atoms with Gasteiger partial charge in [-0.3, -0.25) is 15.0 Å². The average Bonchev–Trinajstić information content (AvgIpc) is 3.11. The summed E-state index contributed by atoms with van der Waals surface area (Å²) >= 11 is 0. The van der Waals surface area contributed by atoms with Crippen LogP contribution >= 0.6 is 0 Å². The fourth-order valence-electron chi connectivity index (χ4n) is 3.76. The maximum absolute atomic E-state index is 12.2. The van der Waals surface area contributed by atoms with E-state index < -0.39 is 5.54 Å². The number of esters is 1. The third-order valence-electron chi connectivity index (χ3n) is 4.84. The van der Waals surface area contributed by atoms with E-state index in [9.17, 15) is 4.79 Å². The van der Waals surface area contributed by atoms with E-state index in [2.05, 4.69) is 31.0 Å². The molecule has 1 N–H and O–H groups in total. The lowest BCUT2D eigenvalue weighted by Gasteiger charge is -2.36. The van der Waals surface area contributed by atoms with Crippen LogP contribution in [0.3, 0.4) is 0 Å². The van der Waals surface area contributed by atoms with Crippen LogP contribution in [-0.4, -0.2) is 48.2 Å². The number of methoxy groups -OCH3 is 1. The van der Waals surface area contributed by atoms with E-state index in [1.165, 1.54) is 26.4 Å². The van der Waals surface area contributed by atoms with Crippen molar-refractivity contribution >= 4 is 5.97 Å². The number of carbonyl (C=O) groups excluding carboxylic acids is 1. The Bertz CT molecular complexity index is 356. The van der Waals surface area contributed by atoms with Crippen molar-refractivity contribution in [1.29, 1.82) is 0 Å². The number of nitrogens with one attached hydrogen (secondary N) is 1. The van der Waals surface area contributed by atoms with Crippen LogP contribution in [0.5, 0.6) is 0 Å². The highest BCUT2D eigenvalue weighted by molar-refractivity contribution is 5.80. The van der Waals surface area contributed by atoms with Crippen molar-refractivity contribution in [3.8, 4) is 0 Å². The van der Waals surface area contributed by atoms with Crippen LogP contribution in [0, 0.1) is 5.92 Å². The fourth-order valence-corrected chi connectivity index (χ4v) is 3.76. The third-order valence-corrected chi connectivity index (χ3v) is 4.84. The van der Waals surface area contributed by atoms with Gasteiger partial charge in [-0.1, -0.05) is 6.92 Å². The molecule has 2 aliphatic rings. The van der Waals surface area contributed by atoms with Gasteiger partial charge in [0, 0.05) is 24.7 Å². The van der Waals surface area contributed by atoms with Crippen LogP contribution in [0.4, 0.5) is 0 Å². The Morgan fingerprint density at radius 2 is 2.10 bits per heavy atom. The summed E-state index contributed by atoms with van der Waals surface area (Å²) in [7, 11) is 1.49. The second kappa shape index (κ2) is 6.02. The van der Waals surface area contributed by atoms with Crippen LogP contribution in [0.1, 0.15) is 53.4 Å². The monoisotopic (exact) mass is 282 g/mol. The summed E-state index contributed by atoms with van der Waals surface area (Å²) in [5, 5.41) is 3.50. The zero-order chi connectivity index (χ0) is 14.9. The number of hydrogen-bond acceptors (Lipinski definition) is 4. The maximum atomic E-state index is 12.2. The molecule has 4 nitrogen and oxygen atoms in total. The topological polar surface area (TPSA) is 41.6 Å². The normalized spacial score (nSPS) is 31.9. The molecule has 4 heteroatoms. The fraction of sp³-hybridized carbons (Fsp3) is 0.938. The highest BCUT2D eigenvalue weighted by atomic mass is 16.5. The Hall–Kier alpha value is -0.610. The first-order valence-corrected chi connectivity index (χ1v) is 7.97. The van der Waals surface area contributed by atoms with Gasteiger partial charge in [0.15, 0.2) is 0 Å².